The second-order valence-electron chi connectivity index (χ2n) is 5.11. The van der Waals surface area contributed by atoms with Crippen molar-refractivity contribution < 1.29 is 9.53 Å². The number of anilines is 1. The number of para-hydroxylation sites is 2. The van der Waals surface area contributed by atoms with E-state index in [1.165, 1.54) is 6.20 Å². The number of rotatable bonds is 4. The van der Waals surface area contributed by atoms with Crippen LogP contribution in [0, 0.1) is 0 Å². The Bertz CT molecular complexity index is 811. The summed E-state index contributed by atoms with van der Waals surface area (Å²) in [5, 5.41) is 2.85. The summed E-state index contributed by atoms with van der Waals surface area (Å²) in [6, 6.07) is 9.06. The first kappa shape index (κ1) is 14.1. The van der Waals surface area contributed by atoms with Crippen LogP contribution in [0.25, 0.3) is 11.2 Å². The predicted molar refractivity (Wildman–Crippen MR) is 84.0 cm³/mol. The van der Waals surface area contributed by atoms with Crippen LogP contribution in [-0.2, 0) is 0 Å². The second-order valence-corrected chi connectivity index (χ2v) is 5.11. The first-order chi connectivity index (χ1) is 10.6. The summed E-state index contributed by atoms with van der Waals surface area (Å²) in [6.45, 7) is 3.88. The van der Waals surface area contributed by atoms with Gasteiger partial charge < -0.3 is 15.0 Å². The highest BCUT2D eigenvalue weighted by atomic mass is 16.5. The van der Waals surface area contributed by atoms with Crippen LogP contribution in [0.3, 0.4) is 0 Å². The number of H-pyrrole nitrogens is 1. The van der Waals surface area contributed by atoms with Gasteiger partial charge >= 0.3 is 0 Å². The van der Waals surface area contributed by atoms with Gasteiger partial charge in [-0.3, -0.25) is 4.79 Å². The maximum Gasteiger partial charge on any atom is 0.257 e. The number of fused-ring (bicyclic) bond motifs is 1. The Balaban J connectivity index is 1.84. The van der Waals surface area contributed by atoms with E-state index in [-0.39, 0.29) is 12.0 Å². The number of carbonyl (C=O) groups excluding carboxylic acids is 1. The average Bonchev–Trinajstić information content (AvgIpc) is 2.96. The lowest BCUT2D eigenvalue weighted by molar-refractivity contribution is 0.102. The molecule has 0 aliphatic rings. The van der Waals surface area contributed by atoms with Crippen molar-refractivity contribution in [1.82, 2.24) is 15.0 Å². The molecule has 1 aromatic carbocycles. The monoisotopic (exact) mass is 296 g/mol. The molecular weight excluding hydrogens is 280 g/mol. The van der Waals surface area contributed by atoms with Crippen LogP contribution in [0.15, 0.2) is 42.9 Å². The Morgan fingerprint density at radius 2 is 2.09 bits per heavy atom. The highest BCUT2D eigenvalue weighted by Crippen LogP contribution is 2.25. The van der Waals surface area contributed by atoms with Crippen LogP contribution in [0.4, 0.5) is 5.69 Å². The lowest BCUT2D eigenvalue weighted by atomic mass is 10.2. The van der Waals surface area contributed by atoms with Crippen LogP contribution >= 0.6 is 0 Å². The van der Waals surface area contributed by atoms with Gasteiger partial charge in [-0.15, -0.1) is 0 Å². The third-order valence-corrected chi connectivity index (χ3v) is 3.03. The Morgan fingerprint density at radius 1 is 1.27 bits per heavy atom. The van der Waals surface area contributed by atoms with Crippen LogP contribution in [0.5, 0.6) is 5.75 Å². The number of hydrogen-bond acceptors (Lipinski definition) is 4. The van der Waals surface area contributed by atoms with Crippen LogP contribution in [-0.4, -0.2) is 27.0 Å². The molecule has 0 aliphatic carbocycles. The molecule has 2 heterocycles. The number of hydrogen-bond donors (Lipinski definition) is 2. The standard InChI is InChI=1S/C16H16N4O2/c1-10(2)22-14-6-4-3-5-12(14)20-16(21)11-7-13-15(17-8-11)19-9-18-13/h3-10H,1-2H3,(H,20,21)(H,17,18,19). The highest BCUT2D eigenvalue weighted by Gasteiger charge is 2.12. The zero-order valence-corrected chi connectivity index (χ0v) is 12.3. The average molecular weight is 296 g/mol. The number of benzene rings is 1. The molecular formula is C16H16N4O2. The van der Waals surface area contributed by atoms with Crippen molar-refractivity contribution in [2.75, 3.05) is 5.32 Å². The lowest BCUT2D eigenvalue weighted by Crippen LogP contribution is -2.14. The molecule has 0 saturated heterocycles. The molecule has 3 rings (SSSR count). The fourth-order valence-electron chi connectivity index (χ4n) is 2.07. The first-order valence-electron chi connectivity index (χ1n) is 6.99. The number of imidazole rings is 1. The molecule has 0 atom stereocenters. The fourth-order valence-corrected chi connectivity index (χ4v) is 2.07. The van der Waals surface area contributed by atoms with E-state index in [1.54, 1.807) is 18.5 Å². The second kappa shape index (κ2) is 5.85. The molecule has 0 bridgehead atoms. The SMILES string of the molecule is CC(C)Oc1ccccc1NC(=O)c1cnc2nc[nH]c2c1. The minimum atomic E-state index is -0.246. The number of aromatic nitrogens is 3. The number of aromatic amines is 1. The lowest BCUT2D eigenvalue weighted by Gasteiger charge is -2.14. The number of amides is 1. The van der Waals surface area contributed by atoms with Crippen molar-refractivity contribution in [3.05, 3.63) is 48.4 Å². The summed E-state index contributed by atoms with van der Waals surface area (Å²) in [5.41, 5.74) is 2.39. The summed E-state index contributed by atoms with van der Waals surface area (Å²) in [7, 11) is 0. The van der Waals surface area contributed by atoms with Gasteiger partial charge in [0.2, 0.25) is 0 Å². The molecule has 112 valence electrons. The van der Waals surface area contributed by atoms with Crippen molar-refractivity contribution in [2.24, 2.45) is 0 Å². The van der Waals surface area contributed by atoms with E-state index in [2.05, 4.69) is 20.3 Å². The minimum Gasteiger partial charge on any atom is -0.489 e. The highest BCUT2D eigenvalue weighted by molar-refractivity contribution is 6.06. The summed E-state index contributed by atoms with van der Waals surface area (Å²) < 4.78 is 5.69. The molecule has 0 unspecified atom stereocenters. The maximum atomic E-state index is 12.4. The zero-order valence-electron chi connectivity index (χ0n) is 12.3. The molecule has 1 amide bonds. The van der Waals surface area contributed by atoms with Gasteiger partial charge in [0.15, 0.2) is 5.65 Å². The molecule has 2 aromatic heterocycles. The zero-order chi connectivity index (χ0) is 15.5. The number of nitrogens with one attached hydrogen (secondary N) is 2. The molecule has 0 fully saturated rings. The van der Waals surface area contributed by atoms with Crippen LogP contribution < -0.4 is 10.1 Å². The Morgan fingerprint density at radius 3 is 2.91 bits per heavy atom. The summed E-state index contributed by atoms with van der Waals surface area (Å²) in [4.78, 5) is 23.5. The van der Waals surface area contributed by atoms with Gasteiger partial charge in [0.05, 0.1) is 29.2 Å². The van der Waals surface area contributed by atoms with Crippen molar-refractivity contribution in [3.63, 3.8) is 0 Å². The molecule has 22 heavy (non-hydrogen) atoms. The molecule has 2 N–H and O–H groups in total. The minimum absolute atomic E-state index is 0.0288. The van der Waals surface area contributed by atoms with Gasteiger partial charge in [-0.2, -0.15) is 0 Å². The van der Waals surface area contributed by atoms with E-state index in [1.807, 2.05) is 32.0 Å². The maximum absolute atomic E-state index is 12.4. The molecule has 6 nitrogen and oxygen atoms in total. The van der Waals surface area contributed by atoms with Crippen molar-refractivity contribution in [3.8, 4) is 5.75 Å². The van der Waals surface area contributed by atoms with Gasteiger partial charge in [0.1, 0.15) is 5.75 Å². The van der Waals surface area contributed by atoms with Gasteiger partial charge in [-0.05, 0) is 32.0 Å². The summed E-state index contributed by atoms with van der Waals surface area (Å²) >= 11 is 0. The number of pyridine rings is 1. The number of ether oxygens (including phenoxy) is 1. The smallest absolute Gasteiger partial charge is 0.257 e. The van der Waals surface area contributed by atoms with E-state index < -0.39 is 0 Å². The molecule has 0 saturated carbocycles. The molecule has 0 aliphatic heterocycles. The summed E-state index contributed by atoms with van der Waals surface area (Å²) in [5.74, 6) is 0.394. The first-order valence-corrected chi connectivity index (χ1v) is 6.99. The van der Waals surface area contributed by atoms with E-state index >= 15 is 0 Å². The van der Waals surface area contributed by atoms with Crippen molar-refractivity contribution >= 4 is 22.8 Å². The van der Waals surface area contributed by atoms with E-state index in [4.69, 9.17) is 4.74 Å². The fraction of sp³-hybridized carbons (Fsp3) is 0.188. The van der Waals surface area contributed by atoms with E-state index in [0.29, 0.717) is 22.6 Å². The molecule has 3 aromatic rings. The van der Waals surface area contributed by atoms with Gasteiger partial charge in [-0.25, -0.2) is 9.97 Å². The van der Waals surface area contributed by atoms with Crippen molar-refractivity contribution in [2.45, 2.75) is 20.0 Å². The summed E-state index contributed by atoms with van der Waals surface area (Å²) in [6.07, 6.45) is 3.08. The van der Waals surface area contributed by atoms with Gasteiger partial charge in [0.25, 0.3) is 5.91 Å². The van der Waals surface area contributed by atoms with Gasteiger partial charge in [-0.1, -0.05) is 12.1 Å². The van der Waals surface area contributed by atoms with Crippen LogP contribution in [0.1, 0.15) is 24.2 Å². The Kier molecular flexibility index (Phi) is 3.74. The molecule has 0 spiro atoms. The third kappa shape index (κ3) is 2.90. The Hall–Kier alpha value is -2.89. The van der Waals surface area contributed by atoms with Crippen molar-refractivity contribution in [1.29, 1.82) is 0 Å². The quantitative estimate of drug-likeness (QED) is 0.775. The predicted octanol–water partition coefficient (Wildman–Crippen LogP) is 3.00. The van der Waals surface area contributed by atoms with E-state index in [0.717, 1.165) is 5.52 Å². The molecule has 6 heteroatoms. The van der Waals surface area contributed by atoms with Gasteiger partial charge in [0, 0.05) is 6.20 Å². The largest absolute Gasteiger partial charge is 0.489 e. The van der Waals surface area contributed by atoms with Crippen LogP contribution in [0.2, 0.25) is 0 Å². The van der Waals surface area contributed by atoms with E-state index in [9.17, 15) is 4.79 Å². The third-order valence-electron chi connectivity index (χ3n) is 3.03. The Labute approximate surface area is 127 Å². The topological polar surface area (TPSA) is 79.9 Å². The molecule has 0 radical (unpaired) electrons. The number of carbonyl (C=O) groups is 1. The normalized spacial score (nSPS) is 10.9. The number of nitrogens with zero attached hydrogens (tertiary/aromatic N) is 2.